The second kappa shape index (κ2) is 10.4. The Hall–Kier alpha value is -2.61. The van der Waals surface area contributed by atoms with Crippen molar-refractivity contribution in [3.05, 3.63) is 77.9 Å². The first kappa shape index (κ1) is 22.1. The first-order valence-electron chi connectivity index (χ1n) is 10.0. The summed E-state index contributed by atoms with van der Waals surface area (Å²) in [5.41, 5.74) is 3.41. The molecule has 3 aromatic carbocycles. The standard InChI is InChI=1S/C24H26N4O.HI/c1-25-24(26-14-13-18-9-6-8-17-7-2-3-10-20(17)18)27-16-19-15-23(29)28-22-12-5-4-11-21(19)22;/h2-12,19H,13-16H2,1H3,(H,28,29)(H2,25,26,27);1H. The molecule has 0 saturated heterocycles. The summed E-state index contributed by atoms with van der Waals surface area (Å²) >= 11 is 0. The number of guanidine groups is 1. The van der Waals surface area contributed by atoms with Gasteiger partial charge in [-0.2, -0.15) is 0 Å². The lowest BCUT2D eigenvalue weighted by Crippen LogP contribution is -2.41. The van der Waals surface area contributed by atoms with Gasteiger partial charge in [0.2, 0.25) is 5.91 Å². The van der Waals surface area contributed by atoms with Crippen LogP contribution in [0.15, 0.2) is 71.7 Å². The molecule has 0 radical (unpaired) electrons. The van der Waals surface area contributed by atoms with Crippen LogP contribution in [0.4, 0.5) is 5.69 Å². The molecule has 5 nitrogen and oxygen atoms in total. The fourth-order valence-electron chi connectivity index (χ4n) is 3.95. The lowest BCUT2D eigenvalue weighted by molar-refractivity contribution is -0.116. The Labute approximate surface area is 194 Å². The van der Waals surface area contributed by atoms with Gasteiger partial charge in [0.25, 0.3) is 0 Å². The number of aliphatic imine (C=N–C) groups is 1. The number of hydrogen-bond acceptors (Lipinski definition) is 2. The molecule has 3 aromatic rings. The zero-order valence-electron chi connectivity index (χ0n) is 17.0. The average molecular weight is 514 g/mol. The minimum absolute atomic E-state index is 0. The zero-order chi connectivity index (χ0) is 20.1. The molecule has 0 bridgehead atoms. The predicted molar refractivity (Wildman–Crippen MR) is 135 cm³/mol. The van der Waals surface area contributed by atoms with Gasteiger partial charge in [0.05, 0.1) is 0 Å². The summed E-state index contributed by atoms with van der Waals surface area (Å²) in [6.07, 6.45) is 1.40. The molecule has 1 unspecified atom stereocenters. The predicted octanol–water partition coefficient (Wildman–Crippen LogP) is 4.29. The highest BCUT2D eigenvalue weighted by Gasteiger charge is 2.24. The molecular formula is C24H27IN4O. The normalized spacial score (nSPS) is 15.7. The maximum atomic E-state index is 12.0. The van der Waals surface area contributed by atoms with Crippen molar-refractivity contribution in [1.29, 1.82) is 0 Å². The third-order valence-electron chi connectivity index (χ3n) is 5.41. The highest BCUT2D eigenvalue weighted by molar-refractivity contribution is 14.0. The van der Waals surface area contributed by atoms with Gasteiger partial charge in [0.1, 0.15) is 0 Å². The van der Waals surface area contributed by atoms with Crippen LogP contribution >= 0.6 is 24.0 Å². The van der Waals surface area contributed by atoms with Crippen LogP contribution in [-0.4, -0.2) is 32.0 Å². The number of anilines is 1. The van der Waals surface area contributed by atoms with Gasteiger partial charge in [-0.25, -0.2) is 0 Å². The number of hydrogen-bond donors (Lipinski definition) is 3. The largest absolute Gasteiger partial charge is 0.356 e. The van der Waals surface area contributed by atoms with E-state index in [4.69, 9.17) is 0 Å². The molecule has 0 saturated carbocycles. The molecule has 0 fully saturated rings. The van der Waals surface area contributed by atoms with Crippen LogP contribution in [0.3, 0.4) is 0 Å². The Morgan fingerprint density at radius 1 is 1.03 bits per heavy atom. The van der Waals surface area contributed by atoms with Crippen LogP contribution in [-0.2, 0) is 11.2 Å². The lowest BCUT2D eigenvalue weighted by atomic mass is 9.90. The van der Waals surface area contributed by atoms with E-state index in [0.717, 1.165) is 24.6 Å². The van der Waals surface area contributed by atoms with E-state index in [2.05, 4.69) is 69.5 Å². The average Bonchev–Trinajstić information content (AvgIpc) is 2.76. The second-order valence-corrected chi connectivity index (χ2v) is 7.30. The molecule has 1 aliphatic rings. The fraction of sp³-hybridized carbons (Fsp3) is 0.250. The summed E-state index contributed by atoms with van der Waals surface area (Å²) in [5.74, 6) is 0.958. The van der Waals surface area contributed by atoms with Crippen LogP contribution < -0.4 is 16.0 Å². The topological polar surface area (TPSA) is 65.5 Å². The number of benzene rings is 3. The maximum Gasteiger partial charge on any atom is 0.225 e. The number of carbonyl (C=O) groups is 1. The molecule has 1 heterocycles. The van der Waals surface area contributed by atoms with Crippen LogP contribution in [0, 0.1) is 0 Å². The molecule has 0 spiro atoms. The minimum Gasteiger partial charge on any atom is -0.356 e. The molecule has 1 amide bonds. The molecule has 4 rings (SSSR count). The van der Waals surface area contributed by atoms with E-state index >= 15 is 0 Å². The SMILES string of the molecule is CN=C(NCCc1cccc2ccccc12)NCC1CC(=O)Nc2ccccc21.I. The van der Waals surface area contributed by atoms with Crippen molar-refractivity contribution in [1.82, 2.24) is 10.6 Å². The summed E-state index contributed by atoms with van der Waals surface area (Å²) in [7, 11) is 1.77. The van der Waals surface area contributed by atoms with Gasteiger partial charge in [-0.15, -0.1) is 24.0 Å². The first-order valence-corrected chi connectivity index (χ1v) is 10.0. The Morgan fingerprint density at radius 2 is 1.80 bits per heavy atom. The van der Waals surface area contributed by atoms with Crippen molar-refractivity contribution in [2.24, 2.45) is 4.99 Å². The summed E-state index contributed by atoms with van der Waals surface area (Å²) in [4.78, 5) is 16.3. The molecule has 30 heavy (non-hydrogen) atoms. The van der Waals surface area contributed by atoms with E-state index in [1.54, 1.807) is 7.05 Å². The van der Waals surface area contributed by atoms with Crippen molar-refractivity contribution < 1.29 is 4.79 Å². The van der Waals surface area contributed by atoms with E-state index in [1.807, 2.05) is 18.2 Å². The smallest absolute Gasteiger partial charge is 0.225 e. The quantitative estimate of drug-likeness (QED) is 0.271. The Morgan fingerprint density at radius 3 is 2.67 bits per heavy atom. The molecule has 6 heteroatoms. The summed E-state index contributed by atoms with van der Waals surface area (Å²) in [6, 6.07) is 22.9. The van der Waals surface area contributed by atoms with Crippen LogP contribution in [0.2, 0.25) is 0 Å². The summed E-state index contributed by atoms with van der Waals surface area (Å²) in [5, 5.41) is 12.3. The molecule has 1 atom stereocenters. The first-order chi connectivity index (χ1) is 14.2. The number of para-hydroxylation sites is 1. The van der Waals surface area contributed by atoms with E-state index in [9.17, 15) is 4.79 Å². The van der Waals surface area contributed by atoms with Crippen LogP contribution in [0.25, 0.3) is 10.8 Å². The third kappa shape index (κ3) is 5.11. The van der Waals surface area contributed by atoms with Gasteiger partial charge >= 0.3 is 0 Å². The van der Waals surface area contributed by atoms with Gasteiger partial charge in [-0.3, -0.25) is 9.79 Å². The molecule has 3 N–H and O–H groups in total. The van der Waals surface area contributed by atoms with E-state index in [-0.39, 0.29) is 35.8 Å². The second-order valence-electron chi connectivity index (χ2n) is 7.30. The highest BCUT2D eigenvalue weighted by Crippen LogP contribution is 2.31. The van der Waals surface area contributed by atoms with Gasteiger partial charge in [0, 0.05) is 38.2 Å². The Balaban J connectivity index is 0.00000256. The number of amides is 1. The van der Waals surface area contributed by atoms with E-state index < -0.39 is 0 Å². The Kier molecular flexibility index (Phi) is 7.68. The minimum atomic E-state index is 0. The number of nitrogens with zero attached hydrogens (tertiary/aromatic N) is 1. The van der Waals surface area contributed by atoms with Crippen LogP contribution in [0.1, 0.15) is 23.5 Å². The summed E-state index contributed by atoms with van der Waals surface area (Å²) < 4.78 is 0. The van der Waals surface area contributed by atoms with Crippen LogP contribution in [0.5, 0.6) is 0 Å². The van der Waals surface area contributed by atoms with Gasteiger partial charge in [0.15, 0.2) is 5.96 Å². The van der Waals surface area contributed by atoms with Gasteiger partial charge in [-0.1, -0.05) is 60.7 Å². The molecular weight excluding hydrogens is 487 g/mol. The maximum absolute atomic E-state index is 12.0. The molecule has 0 aliphatic carbocycles. The van der Waals surface area contributed by atoms with E-state index in [1.165, 1.54) is 21.9 Å². The number of fused-ring (bicyclic) bond motifs is 2. The van der Waals surface area contributed by atoms with E-state index in [0.29, 0.717) is 13.0 Å². The number of halogens is 1. The molecule has 0 aromatic heterocycles. The van der Waals surface area contributed by atoms with Crippen molar-refractivity contribution in [3.8, 4) is 0 Å². The van der Waals surface area contributed by atoms with Crippen molar-refractivity contribution in [2.75, 3.05) is 25.5 Å². The lowest BCUT2D eigenvalue weighted by Gasteiger charge is -2.26. The number of rotatable bonds is 5. The fourth-order valence-corrected chi connectivity index (χ4v) is 3.95. The van der Waals surface area contributed by atoms with Crippen molar-refractivity contribution >= 4 is 52.3 Å². The number of nitrogens with one attached hydrogen (secondary N) is 3. The molecule has 156 valence electrons. The van der Waals surface area contributed by atoms with Gasteiger partial charge in [-0.05, 0) is 34.4 Å². The highest BCUT2D eigenvalue weighted by atomic mass is 127. The zero-order valence-corrected chi connectivity index (χ0v) is 19.4. The Bertz CT molecular complexity index is 1040. The number of carbonyl (C=O) groups excluding carboxylic acids is 1. The summed E-state index contributed by atoms with van der Waals surface area (Å²) in [6.45, 7) is 1.45. The van der Waals surface area contributed by atoms with Crippen molar-refractivity contribution in [2.45, 2.75) is 18.8 Å². The van der Waals surface area contributed by atoms with Gasteiger partial charge < -0.3 is 16.0 Å². The third-order valence-corrected chi connectivity index (χ3v) is 5.41. The molecule has 1 aliphatic heterocycles. The monoisotopic (exact) mass is 514 g/mol. The van der Waals surface area contributed by atoms with Crippen molar-refractivity contribution in [3.63, 3.8) is 0 Å².